The minimum atomic E-state index is -0.147. The van der Waals surface area contributed by atoms with Gasteiger partial charge < -0.3 is 5.32 Å². The number of anilines is 1. The molecule has 0 aliphatic rings. The first-order valence-electron chi connectivity index (χ1n) is 8.13. The van der Waals surface area contributed by atoms with Crippen molar-refractivity contribution in [3.05, 3.63) is 81.6 Å². The van der Waals surface area contributed by atoms with Crippen LogP contribution in [0.25, 0.3) is 21.5 Å². The van der Waals surface area contributed by atoms with Crippen molar-refractivity contribution in [3.63, 3.8) is 0 Å². The van der Waals surface area contributed by atoms with E-state index in [-0.39, 0.29) is 5.91 Å². The monoisotopic (exact) mass is 422 g/mol. The van der Waals surface area contributed by atoms with Gasteiger partial charge in [-0.1, -0.05) is 30.3 Å². The Hall–Kier alpha value is -2.50. The van der Waals surface area contributed by atoms with Crippen molar-refractivity contribution < 1.29 is 4.79 Å². The molecule has 1 N–H and O–H groups in total. The van der Waals surface area contributed by atoms with E-state index in [1.807, 2.05) is 73.0 Å². The molecule has 2 aromatic carbocycles. The number of para-hydroxylation sites is 1. The standard InChI is InChI=1S/C21H15BrN2OS/c1-13-8-9-18(16(22)11-13)24-21(25)15-12-19(20-7-4-10-26-20)23-17-6-3-2-5-14(15)17/h2-12H,1H3,(H,24,25). The number of hydrogen-bond donors (Lipinski definition) is 1. The van der Waals surface area contributed by atoms with Crippen molar-refractivity contribution >= 4 is 49.8 Å². The molecule has 0 atom stereocenters. The number of pyridine rings is 1. The zero-order chi connectivity index (χ0) is 18.1. The number of carbonyl (C=O) groups excluding carboxylic acids is 1. The molecule has 4 aromatic rings. The van der Waals surface area contributed by atoms with Crippen LogP contribution >= 0.6 is 27.3 Å². The zero-order valence-electron chi connectivity index (χ0n) is 14.0. The molecule has 0 fully saturated rings. The van der Waals surface area contributed by atoms with Gasteiger partial charge in [-0.05, 0) is 64.1 Å². The summed E-state index contributed by atoms with van der Waals surface area (Å²) < 4.78 is 0.864. The number of nitrogens with one attached hydrogen (secondary N) is 1. The van der Waals surface area contributed by atoms with Crippen LogP contribution in [0, 0.1) is 6.92 Å². The van der Waals surface area contributed by atoms with Crippen LogP contribution in [0.4, 0.5) is 5.69 Å². The highest BCUT2D eigenvalue weighted by atomic mass is 79.9. The van der Waals surface area contributed by atoms with E-state index in [0.29, 0.717) is 5.56 Å². The second-order valence-electron chi connectivity index (χ2n) is 5.99. The Morgan fingerprint density at radius 1 is 1.08 bits per heavy atom. The van der Waals surface area contributed by atoms with E-state index in [1.54, 1.807) is 11.3 Å². The lowest BCUT2D eigenvalue weighted by Gasteiger charge is -2.11. The van der Waals surface area contributed by atoms with Crippen molar-refractivity contribution in [1.29, 1.82) is 0 Å². The molecule has 128 valence electrons. The molecule has 2 heterocycles. The van der Waals surface area contributed by atoms with E-state index < -0.39 is 0 Å². The Bertz CT molecular complexity index is 1110. The van der Waals surface area contributed by atoms with Gasteiger partial charge in [-0.3, -0.25) is 4.79 Å². The molecule has 0 spiro atoms. The molecular weight excluding hydrogens is 408 g/mol. The third kappa shape index (κ3) is 3.28. The molecule has 0 saturated heterocycles. The Labute approximate surface area is 163 Å². The van der Waals surface area contributed by atoms with Crippen molar-refractivity contribution in [1.82, 2.24) is 4.98 Å². The fourth-order valence-corrected chi connectivity index (χ4v) is 4.10. The maximum atomic E-state index is 13.0. The Balaban J connectivity index is 1.80. The fourth-order valence-electron chi connectivity index (χ4n) is 2.82. The average Bonchev–Trinajstić information content (AvgIpc) is 3.18. The maximum absolute atomic E-state index is 13.0. The molecule has 0 bridgehead atoms. The third-order valence-corrected chi connectivity index (χ3v) is 5.66. The molecule has 0 radical (unpaired) electrons. The molecule has 5 heteroatoms. The van der Waals surface area contributed by atoms with Crippen molar-refractivity contribution in [2.24, 2.45) is 0 Å². The highest BCUT2D eigenvalue weighted by Gasteiger charge is 2.15. The number of thiophene rings is 1. The normalized spacial score (nSPS) is 10.8. The summed E-state index contributed by atoms with van der Waals surface area (Å²) in [7, 11) is 0. The number of amides is 1. The number of fused-ring (bicyclic) bond motifs is 1. The summed E-state index contributed by atoms with van der Waals surface area (Å²) in [5.74, 6) is -0.147. The Kier molecular flexibility index (Phi) is 4.57. The number of nitrogens with zero attached hydrogens (tertiary/aromatic N) is 1. The Morgan fingerprint density at radius 2 is 1.92 bits per heavy atom. The predicted molar refractivity (Wildman–Crippen MR) is 112 cm³/mol. The van der Waals surface area contributed by atoms with Gasteiger partial charge >= 0.3 is 0 Å². The molecule has 0 aliphatic carbocycles. The summed E-state index contributed by atoms with van der Waals surface area (Å²) in [5.41, 5.74) is 4.12. The average molecular weight is 423 g/mol. The summed E-state index contributed by atoms with van der Waals surface area (Å²) >= 11 is 5.13. The van der Waals surface area contributed by atoms with Gasteiger partial charge in [0.1, 0.15) is 0 Å². The molecule has 1 amide bonds. The van der Waals surface area contributed by atoms with E-state index in [1.165, 1.54) is 0 Å². The van der Waals surface area contributed by atoms with Gasteiger partial charge in [-0.15, -0.1) is 11.3 Å². The van der Waals surface area contributed by atoms with Crippen LogP contribution in [0.15, 0.2) is 70.5 Å². The molecule has 3 nitrogen and oxygen atoms in total. The number of aromatic nitrogens is 1. The maximum Gasteiger partial charge on any atom is 0.256 e. The van der Waals surface area contributed by atoms with Gasteiger partial charge in [0.2, 0.25) is 0 Å². The summed E-state index contributed by atoms with van der Waals surface area (Å²) in [5, 5.41) is 5.86. The number of aryl methyl sites for hydroxylation is 1. The Morgan fingerprint density at radius 3 is 2.69 bits per heavy atom. The molecule has 4 rings (SSSR count). The van der Waals surface area contributed by atoms with E-state index in [0.717, 1.165) is 37.2 Å². The summed E-state index contributed by atoms with van der Waals surface area (Å²) in [4.78, 5) is 18.8. The quantitative estimate of drug-likeness (QED) is 0.421. The fraction of sp³-hybridized carbons (Fsp3) is 0.0476. The molecule has 26 heavy (non-hydrogen) atoms. The van der Waals surface area contributed by atoms with Crippen LogP contribution in [0.2, 0.25) is 0 Å². The topological polar surface area (TPSA) is 42.0 Å². The number of carbonyl (C=O) groups is 1. The predicted octanol–water partition coefficient (Wildman–Crippen LogP) is 6.29. The summed E-state index contributed by atoms with van der Waals surface area (Å²) in [6.07, 6.45) is 0. The van der Waals surface area contributed by atoms with Crippen molar-refractivity contribution in [2.75, 3.05) is 5.32 Å². The van der Waals surface area contributed by atoms with Crippen molar-refractivity contribution in [3.8, 4) is 10.6 Å². The van der Waals surface area contributed by atoms with Gasteiger partial charge in [0.05, 0.1) is 27.3 Å². The van der Waals surface area contributed by atoms with Gasteiger partial charge in [0.25, 0.3) is 5.91 Å². The molecule has 2 aromatic heterocycles. The first-order valence-corrected chi connectivity index (χ1v) is 9.80. The number of hydrogen-bond acceptors (Lipinski definition) is 3. The largest absolute Gasteiger partial charge is 0.321 e. The number of benzene rings is 2. The van der Waals surface area contributed by atoms with Gasteiger partial charge in [-0.2, -0.15) is 0 Å². The van der Waals surface area contributed by atoms with E-state index in [4.69, 9.17) is 4.98 Å². The smallest absolute Gasteiger partial charge is 0.256 e. The minimum absolute atomic E-state index is 0.147. The lowest BCUT2D eigenvalue weighted by Crippen LogP contribution is -2.13. The van der Waals surface area contributed by atoms with E-state index >= 15 is 0 Å². The van der Waals surface area contributed by atoms with Crippen LogP contribution in [0.3, 0.4) is 0 Å². The molecular formula is C21H15BrN2OS. The SMILES string of the molecule is Cc1ccc(NC(=O)c2cc(-c3cccs3)nc3ccccc23)c(Br)c1. The highest BCUT2D eigenvalue weighted by molar-refractivity contribution is 9.10. The first kappa shape index (κ1) is 16.9. The van der Waals surface area contributed by atoms with Crippen LogP contribution in [-0.2, 0) is 0 Å². The lowest BCUT2D eigenvalue weighted by molar-refractivity contribution is 0.102. The first-order chi connectivity index (χ1) is 12.6. The van der Waals surface area contributed by atoms with Crippen molar-refractivity contribution in [2.45, 2.75) is 6.92 Å². The molecule has 0 unspecified atom stereocenters. The van der Waals surface area contributed by atoms with Crippen LogP contribution in [0.1, 0.15) is 15.9 Å². The third-order valence-electron chi connectivity index (χ3n) is 4.11. The number of halogens is 1. The second-order valence-corrected chi connectivity index (χ2v) is 7.79. The van der Waals surface area contributed by atoms with E-state index in [9.17, 15) is 4.79 Å². The van der Waals surface area contributed by atoms with E-state index in [2.05, 4.69) is 21.2 Å². The van der Waals surface area contributed by atoms with Gasteiger partial charge in [0, 0.05) is 9.86 Å². The van der Waals surface area contributed by atoms with Crippen LogP contribution in [0.5, 0.6) is 0 Å². The summed E-state index contributed by atoms with van der Waals surface area (Å²) in [6.45, 7) is 2.01. The molecule has 0 aliphatic heterocycles. The number of rotatable bonds is 3. The minimum Gasteiger partial charge on any atom is -0.321 e. The highest BCUT2D eigenvalue weighted by Crippen LogP contribution is 2.29. The second kappa shape index (κ2) is 7.02. The lowest BCUT2D eigenvalue weighted by atomic mass is 10.1. The summed E-state index contributed by atoms with van der Waals surface area (Å²) in [6, 6.07) is 19.5. The van der Waals surface area contributed by atoms with Gasteiger partial charge in [0.15, 0.2) is 0 Å². The zero-order valence-corrected chi connectivity index (χ0v) is 16.4. The molecule has 0 saturated carbocycles. The van der Waals surface area contributed by atoms with Crippen LogP contribution < -0.4 is 5.32 Å². The van der Waals surface area contributed by atoms with Gasteiger partial charge in [-0.25, -0.2) is 4.98 Å². The van der Waals surface area contributed by atoms with Crippen LogP contribution in [-0.4, -0.2) is 10.9 Å².